The van der Waals surface area contributed by atoms with Crippen LogP contribution in [0.1, 0.15) is 336 Å². The molecular formula is C68H120O14Sn2. The minimum atomic E-state index is -1.55. The molecular weight excluding hydrogens is 1280 g/mol. The van der Waals surface area contributed by atoms with Crippen LogP contribution in [0.4, 0.5) is 0 Å². The first-order valence-corrected chi connectivity index (χ1v) is 35.8. The molecule has 0 unspecified atom stereocenters. The van der Waals surface area contributed by atoms with Gasteiger partial charge in [-0.15, -0.1) is 0 Å². The largest absolute Gasteiger partial charge is 0.545 e. The molecule has 0 fully saturated rings. The average molecular weight is 1400 g/mol. The Morgan fingerprint density at radius 3 is 0.512 bits per heavy atom. The summed E-state index contributed by atoms with van der Waals surface area (Å²) in [4.78, 5) is 56.5. The van der Waals surface area contributed by atoms with Crippen molar-refractivity contribution in [2.24, 2.45) is 11.8 Å². The molecule has 0 rings (SSSR count). The third kappa shape index (κ3) is 98.6. The molecule has 0 aromatic rings. The molecule has 0 saturated heterocycles. The van der Waals surface area contributed by atoms with E-state index in [1.807, 2.05) is 0 Å². The van der Waals surface area contributed by atoms with Gasteiger partial charge in [0, 0.05) is 0 Å². The Kier molecular flexibility index (Phi) is 86.6. The van der Waals surface area contributed by atoms with E-state index in [4.69, 9.17) is 6.15 Å². The number of aliphatic carboxylic acids is 6. The second-order valence-electron chi connectivity index (χ2n) is 22.5. The molecule has 484 valence electrons. The van der Waals surface area contributed by atoms with Gasteiger partial charge in [0.1, 0.15) is 0 Å². The summed E-state index contributed by atoms with van der Waals surface area (Å²) in [6.07, 6.45) is 72.1. The molecule has 0 amide bonds. The van der Waals surface area contributed by atoms with Crippen LogP contribution >= 0.6 is 0 Å². The van der Waals surface area contributed by atoms with E-state index in [1.54, 1.807) is 0 Å². The van der Waals surface area contributed by atoms with Gasteiger partial charge >= 0.3 is 194 Å². The molecule has 0 spiro atoms. The maximum Gasteiger partial charge on any atom is 0.0643 e. The standard InChI is InChI=1S/2C28H57O.3C4H4O4.2Sn/c2*1-3-5-7-9-16-20-24-28(25-21-17-10-8-6-4-2)26-22-18-14-12-11-13-15-19-23-27-29;3*5-3(6)1-2-4(7)8;;/h2*28H,3-27H2,1-2H3;3*1-2H,(H,5,6)(H,7,8);;/q2*-1;;;;2*+4/p-6. The molecule has 0 saturated carbocycles. The average Bonchev–Trinajstić information content (AvgIpc) is 3.46. The van der Waals surface area contributed by atoms with Crippen molar-refractivity contribution in [2.45, 2.75) is 336 Å². The summed E-state index contributed by atoms with van der Waals surface area (Å²) in [6, 6.07) is 0. The summed E-state index contributed by atoms with van der Waals surface area (Å²) < 4.78 is 10.4. The van der Waals surface area contributed by atoms with E-state index < -0.39 is 35.8 Å². The molecule has 0 aliphatic carbocycles. The van der Waals surface area contributed by atoms with Gasteiger partial charge in [-0.25, -0.2) is 0 Å². The Bertz CT molecular complexity index is 1290. The van der Waals surface area contributed by atoms with Crippen molar-refractivity contribution in [3.05, 3.63) is 36.5 Å². The van der Waals surface area contributed by atoms with Crippen molar-refractivity contribution in [1.29, 1.82) is 0 Å². The number of unbranched alkanes of at least 4 members (excludes halogenated alkanes) is 36. The van der Waals surface area contributed by atoms with Gasteiger partial charge < -0.3 is 59.4 Å². The SMILES string of the molecule is CCCCCCCCC(CCCCCCCC)CCCCCCCCCCC[O][Sn+3].CCCCCCCCC(CCCCCCCC)CCCCCCCCCCC[O][Sn+3].O=C([O-])C=CC(=O)[O-].O=C([O-])C=CC(=O)[O-].O=C([O-])C=CC(=O)[O-]. The van der Waals surface area contributed by atoms with Gasteiger partial charge in [-0.05, 0) is 48.3 Å². The molecule has 0 aliphatic rings. The van der Waals surface area contributed by atoms with Gasteiger partial charge in [0.15, 0.2) is 0 Å². The summed E-state index contributed by atoms with van der Waals surface area (Å²) in [5, 5.41) is 56.5. The fraction of sp³-hybridized carbons (Fsp3) is 0.824. The van der Waals surface area contributed by atoms with E-state index in [0.717, 1.165) is 25.0 Å². The van der Waals surface area contributed by atoms with E-state index in [1.165, 1.54) is 354 Å². The number of hydrogen-bond donors (Lipinski definition) is 0. The Morgan fingerprint density at radius 1 is 0.250 bits per heavy atom. The van der Waals surface area contributed by atoms with Gasteiger partial charge in [0.25, 0.3) is 0 Å². The number of carboxylic acids is 6. The maximum absolute atomic E-state index is 9.41. The number of carbonyl (C=O) groups excluding carboxylic acids is 6. The van der Waals surface area contributed by atoms with Crippen molar-refractivity contribution in [2.75, 3.05) is 13.2 Å². The molecule has 0 atom stereocenters. The molecule has 0 aliphatic heterocycles. The molecule has 16 heteroatoms. The summed E-state index contributed by atoms with van der Waals surface area (Å²) >= 11 is 2.45. The van der Waals surface area contributed by atoms with Crippen LogP contribution in [0.5, 0.6) is 0 Å². The molecule has 0 heterocycles. The van der Waals surface area contributed by atoms with Crippen molar-refractivity contribution in [3.63, 3.8) is 0 Å². The second-order valence-corrected chi connectivity index (χ2v) is 24.2. The second kappa shape index (κ2) is 80.6. The van der Waals surface area contributed by atoms with E-state index in [-0.39, 0.29) is 0 Å². The van der Waals surface area contributed by atoms with Gasteiger partial charge in [-0.1, -0.05) is 207 Å². The maximum atomic E-state index is 9.41. The topological polar surface area (TPSA) is 259 Å². The quantitative estimate of drug-likeness (QED) is 0.0312. The minimum Gasteiger partial charge on any atom is -0.545 e. The zero-order valence-corrected chi connectivity index (χ0v) is 59.4. The third-order valence-corrected chi connectivity index (χ3v) is 15.8. The van der Waals surface area contributed by atoms with Crippen LogP contribution < -0.4 is 30.6 Å². The van der Waals surface area contributed by atoms with Gasteiger partial charge in [-0.3, -0.25) is 0 Å². The van der Waals surface area contributed by atoms with E-state index >= 15 is 0 Å². The Hall–Kier alpha value is -2.44. The molecule has 84 heavy (non-hydrogen) atoms. The Labute approximate surface area is 541 Å². The minimum absolute atomic E-state index is 0.384. The van der Waals surface area contributed by atoms with E-state index in [2.05, 4.69) is 27.7 Å². The number of carboxylic acid groups (broad SMARTS) is 6. The summed E-state index contributed by atoms with van der Waals surface area (Å²) in [5.74, 6) is -7.22. The molecule has 0 bridgehead atoms. The zero-order valence-electron chi connectivity index (χ0n) is 53.7. The molecule has 0 N–H and O–H groups in total. The van der Waals surface area contributed by atoms with Gasteiger partial charge in [0.2, 0.25) is 0 Å². The van der Waals surface area contributed by atoms with Crippen LogP contribution in [0.15, 0.2) is 36.5 Å². The van der Waals surface area contributed by atoms with Crippen LogP contribution in [0.25, 0.3) is 0 Å². The predicted molar refractivity (Wildman–Crippen MR) is 332 cm³/mol. The van der Waals surface area contributed by atoms with Crippen LogP contribution in [0.3, 0.4) is 0 Å². The molecule has 0 aromatic carbocycles. The first-order chi connectivity index (χ1) is 40.6. The number of rotatable bonds is 58. The monoisotopic (exact) mass is 1400 g/mol. The smallest absolute Gasteiger partial charge is 0.0643 e. The first-order valence-electron chi connectivity index (χ1n) is 33.4. The third-order valence-electron chi connectivity index (χ3n) is 14.6. The first kappa shape index (κ1) is 90.3. The van der Waals surface area contributed by atoms with Crippen molar-refractivity contribution in [3.8, 4) is 0 Å². The summed E-state index contributed by atoms with van der Waals surface area (Å²) in [7, 11) is 0. The van der Waals surface area contributed by atoms with E-state index in [0.29, 0.717) is 36.5 Å². The zero-order chi connectivity index (χ0) is 63.6. The van der Waals surface area contributed by atoms with Gasteiger partial charge in [0.05, 0.1) is 35.8 Å². The van der Waals surface area contributed by atoms with Crippen molar-refractivity contribution < 1.29 is 65.6 Å². The van der Waals surface area contributed by atoms with Crippen LogP contribution in [-0.2, 0) is 34.9 Å². The number of carbonyl (C=O) groups is 6. The van der Waals surface area contributed by atoms with Crippen molar-refractivity contribution in [1.82, 2.24) is 0 Å². The van der Waals surface area contributed by atoms with Crippen LogP contribution in [0, 0.1) is 11.8 Å². The summed E-state index contributed by atoms with van der Waals surface area (Å²) in [5.41, 5.74) is 0. The van der Waals surface area contributed by atoms with Crippen molar-refractivity contribution >= 4 is 81.7 Å². The molecule has 0 radical (unpaired) electrons. The Balaban J connectivity index is -0.000000356. The van der Waals surface area contributed by atoms with Gasteiger partial charge in [-0.2, -0.15) is 0 Å². The number of hydrogen-bond acceptors (Lipinski definition) is 14. The summed E-state index contributed by atoms with van der Waals surface area (Å²) in [6.45, 7) is 11.2. The molecule has 0 aromatic heterocycles. The fourth-order valence-corrected chi connectivity index (χ4v) is 10.6. The fourth-order valence-electron chi connectivity index (χ4n) is 9.82. The normalized spacial score (nSPS) is 11.0. The Morgan fingerprint density at radius 2 is 0.381 bits per heavy atom. The van der Waals surface area contributed by atoms with E-state index in [9.17, 15) is 59.4 Å². The van der Waals surface area contributed by atoms with Crippen LogP contribution in [-0.4, -0.2) is 94.9 Å². The molecule has 14 nitrogen and oxygen atoms in total. The predicted octanol–water partition coefficient (Wildman–Crippen LogP) is 11.3. The van der Waals surface area contributed by atoms with Crippen LogP contribution in [0.2, 0.25) is 0 Å².